The van der Waals surface area contributed by atoms with Crippen molar-refractivity contribution in [2.75, 3.05) is 32.1 Å². The normalized spacial score (nSPS) is 16.1. The van der Waals surface area contributed by atoms with Crippen LogP contribution in [0.25, 0.3) is 22.1 Å². The fourth-order valence-corrected chi connectivity index (χ4v) is 4.38. The molecule has 0 bridgehead atoms. The number of benzene rings is 1. The second kappa shape index (κ2) is 7.78. The number of likely N-dealkylation sites (tertiary alicyclic amines) is 1. The van der Waals surface area contributed by atoms with Gasteiger partial charge in [-0.15, -0.1) is 0 Å². The molecule has 1 aliphatic heterocycles. The zero-order chi connectivity index (χ0) is 22.4. The molecule has 1 saturated heterocycles. The van der Waals surface area contributed by atoms with Gasteiger partial charge in [0.25, 0.3) is 5.91 Å². The van der Waals surface area contributed by atoms with E-state index in [0.29, 0.717) is 24.8 Å². The molecule has 1 aliphatic rings. The first kappa shape index (κ1) is 20.2. The predicted octanol–water partition coefficient (Wildman–Crippen LogP) is 3.63. The van der Waals surface area contributed by atoms with Gasteiger partial charge in [0.1, 0.15) is 5.58 Å². The number of rotatable bonds is 4. The molecule has 0 radical (unpaired) electrons. The molecule has 0 aliphatic carbocycles. The number of aromatic nitrogens is 4. The number of furan rings is 1. The number of carbonyl (C=O) groups excluding carboxylic acids is 1. The molecule has 1 fully saturated rings. The molecule has 0 spiro atoms. The van der Waals surface area contributed by atoms with Crippen molar-refractivity contribution < 1.29 is 9.21 Å². The molecule has 8 heteroatoms. The molecule has 164 valence electrons. The van der Waals surface area contributed by atoms with E-state index in [0.717, 1.165) is 39.8 Å². The van der Waals surface area contributed by atoms with Crippen LogP contribution in [-0.2, 0) is 7.05 Å². The summed E-state index contributed by atoms with van der Waals surface area (Å²) in [6.45, 7) is 3.20. The molecule has 32 heavy (non-hydrogen) atoms. The number of aryl methyl sites for hydroxylation is 2. The van der Waals surface area contributed by atoms with Gasteiger partial charge in [0, 0.05) is 74.6 Å². The third-order valence-corrected chi connectivity index (χ3v) is 6.12. The third-order valence-electron chi connectivity index (χ3n) is 6.12. The first-order chi connectivity index (χ1) is 15.4. The Kier molecular flexibility index (Phi) is 4.92. The number of fused-ring (bicyclic) bond motifs is 1. The van der Waals surface area contributed by atoms with Gasteiger partial charge in [-0.25, -0.2) is 9.97 Å². The van der Waals surface area contributed by atoms with E-state index < -0.39 is 0 Å². The summed E-state index contributed by atoms with van der Waals surface area (Å²) in [5.74, 6) is 1.13. The minimum absolute atomic E-state index is 0.0639. The Balaban J connectivity index is 1.46. The molecule has 1 atom stereocenters. The predicted molar refractivity (Wildman–Crippen MR) is 123 cm³/mol. The third kappa shape index (κ3) is 3.41. The van der Waals surface area contributed by atoms with Gasteiger partial charge < -0.3 is 14.2 Å². The lowest BCUT2D eigenvalue weighted by Gasteiger charge is -2.19. The summed E-state index contributed by atoms with van der Waals surface area (Å²) in [6, 6.07) is 7.77. The van der Waals surface area contributed by atoms with Crippen molar-refractivity contribution in [2.24, 2.45) is 7.05 Å². The second-order valence-electron chi connectivity index (χ2n) is 8.56. The number of hydrogen-bond donors (Lipinski definition) is 0. The molecule has 4 aromatic rings. The van der Waals surface area contributed by atoms with E-state index >= 15 is 0 Å². The SMILES string of the molecule is Cc1c(C(=O)N2CC[C@H](c3nc(N(C)C)ncc3-c3cnn(C)c3)C2)oc2ccccc12. The van der Waals surface area contributed by atoms with Crippen molar-refractivity contribution in [3.05, 3.63) is 59.9 Å². The van der Waals surface area contributed by atoms with Crippen LogP contribution < -0.4 is 4.90 Å². The average Bonchev–Trinajstić information content (AvgIpc) is 3.52. The van der Waals surface area contributed by atoms with E-state index in [2.05, 4.69) is 10.1 Å². The van der Waals surface area contributed by atoms with Crippen molar-refractivity contribution in [2.45, 2.75) is 19.3 Å². The van der Waals surface area contributed by atoms with Crippen LogP contribution in [0.5, 0.6) is 0 Å². The zero-order valence-electron chi connectivity index (χ0n) is 18.7. The number of hydrogen-bond acceptors (Lipinski definition) is 6. The molecule has 1 aromatic carbocycles. The van der Waals surface area contributed by atoms with Gasteiger partial charge in [-0.1, -0.05) is 18.2 Å². The van der Waals surface area contributed by atoms with E-state index in [1.165, 1.54) is 0 Å². The maximum absolute atomic E-state index is 13.3. The molecule has 8 nitrogen and oxygen atoms in total. The van der Waals surface area contributed by atoms with Crippen molar-refractivity contribution >= 4 is 22.8 Å². The quantitative estimate of drug-likeness (QED) is 0.492. The number of amides is 1. The molecule has 1 amide bonds. The van der Waals surface area contributed by atoms with Crippen LogP contribution in [0.15, 0.2) is 47.3 Å². The van der Waals surface area contributed by atoms with Gasteiger partial charge in [0.05, 0.1) is 11.9 Å². The Hall–Kier alpha value is -3.68. The van der Waals surface area contributed by atoms with Crippen LogP contribution in [-0.4, -0.2) is 57.7 Å². The van der Waals surface area contributed by atoms with Gasteiger partial charge in [-0.3, -0.25) is 9.48 Å². The summed E-state index contributed by atoms with van der Waals surface area (Å²) in [5, 5.41) is 5.29. The number of nitrogens with zero attached hydrogens (tertiary/aromatic N) is 6. The highest BCUT2D eigenvalue weighted by Gasteiger charge is 2.33. The molecule has 0 saturated carbocycles. The molecule has 3 aromatic heterocycles. The summed E-state index contributed by atoms with van der Waals surface area (Å²) in [5.41, 5.74) is 4.53. The highest BCUT2D eigenvalue weighted by molar-refractivity contribution is 5.99. The van der Waals surface area contributed by atoms with Crippen LogP contribution in [0.3, 0.4) is 0 Å². The molecular weight excluding hydrogens is 404 g/mol. The van der Waals surface area contributed by atoms with E-state index in [4.69, 9.17) is 9.40 Å². The van der Waals surface area contributed by atoms with Gasteiger partial charge in [0.2, 0.25) is 5.95 Å². The van der Waals surface area contributed by atoms with Gasteiger partial charge in [-0.05, 0) is 19.4 Å². The van der Waals surface area contributed by atoms with Crippen molar-refractivity contribution in [1.29, 1.82) is 0 Å². The molecule has 5 rings (SSSR count). The zero-order valence-corrected chi connectivity index (χ0v) is 18.7. The van der Waals surface area contributed by atoms with E-state index in [-0.39, 0.29) is 11.8 Å². The van der Waals surface area contributed by atoms with Crippen molar-refractivity contribution in [3.8, 4) is 11.1 Å². The van der Waals surface area contributed by atoms with Crippen LogP contribution in [0.2, 0.25) is 0 Å². The first-order valence-corrected chi connectivity index (χ1v) is 10.7. The fraction of sp³-hybridized carbons (Fsp3) is 0.333. The average molecular weight is 431 g/mol. The standard InChI is InChI=1S/C24H26N6O2/c1-15-18-7-5-6-8-20(18)32-22(15)23(31)30-10-9-16(14-30)21-19(17-11-26-29(4)13-17)12-25-24(27-21)28(2)3/h5-8,11-13,16H,9-10,14H2,1-4H3/t16-/m0/s1. The van der Waals surface area contributed by atoms with Crippen LogP contribution in [0.4, 0.5) is 5.95 Å². The van der Waals surface area contributed by atoms with Crippen LogP contribution >= 0.6 is 0 Å². The Morgan fingerprint density at radius 3 is 2.75 bits per heavy atom. The Morgan fingerprint density at radius 2 is 2.03 bits per heavy atom. The summed E-state index contributed by atoms with van der Waals surface area (Å²) >= 11 is 0. The summed E-state index contributed by atoms with van der Waals surface area (Å²) in [4.78, 5) is 26.5. The Morgan fingerprint density at radius 1 is 1.22 bits per heavy atom. The maximum Gasteiger partial charge on any atom is 0.289 e. The molecule has 4 heterocycles. The van der Waals surface area contributed by atoms with Gasteiger partial charge >= 0.3 is 0 Å². The molecule has 0 N–H and O–H groups in total. The monoisotopic (exact) mass is 430 g/mol. The highest BCUT2D eigenvalue weighted by atomic mass is 16.3. The Bertz CT molecular complexity index is 1310. The lowest BCUT2D eigenvalue weighted by atomic mass is 9.97. The smallest absolute Gasteiger partial charge is 0.289 e. The first-order valence-electron chi connectivity index (χ1n) is 10.7. The second-order valence-corrected chi connectivity index (χ2v) is 8.56. The van der Waals surface area contributed by atoms with Crippen molar-refractivity contribution in [3.63, 3.8) is 0 Å². The highest BCUT2D eigenvalue weighted by Crippen LogP contribution is 2.35. The van der Waals surface area contributed by atoms with Gasteiger partial charge in [0.15, 0.2) is 5.76 Å². The summed E-state index contributed by atoms with van der Waals surface area (Å²) < 4.78 is 7.70. The maximum atomic E-state index is 13.3. The lowest BCUT2D eigenvalue weighted by Crippen LogP contribution is -2.28. The number of anilines is 1. The van der Waals surface area contributed by atoms with Gasteiger partial charge in [-0.2, -0.15) is 5.10 Å². The van der Waals surface area contributed by atoms with E-state index in [1.54, 1.807) is 4.68 Å². The minimum Gasteiger partial charge on any atom is -0.451 e. The number of carbonyl (C=O) groups is 1. The van der Waals surface area contributed by atoms with E-state index in [9.17, 15) is 4.79 Å². The van der Waals surface area contributed by atoms with Crippen LogP contribution in [0.1, 0.15) is 34.2 Å². The molecular formula is C24H26N6O2. The van der Waals surface area contributed by atoms with E-state index in [1.807, 2.05) is 80.7 Å². The Labute approximate surface area is 186 Å². The largest absolute Gasteiger partial charge is 0.451 e. The minimum atomic E-state index is -0.0639. The number of para-hydroxylation sites is 1. The topological polar surface area (TPSA) is 80.3 Å². The lowest BCUT2D eigenvalue weighted by molar-refractivity contribution is 0.0760. The summed E-state index contributed by atoms with van der Waals surface area (Å²) in [6.07, 6.45) is 6.49. The molecule has 0 unspecified atom stereocenters. The summed E-state index contributed by atoms with van der Waals surface area (Å²) in [7, 11) is 5.75. The van der Waals surface area contributed by atoms with Crippen molar-refractivity contribution in [1.82, 2.24) is 24.6 Å². The van der Waals surface area contributed by atoms with Crippen LogP contribution in [0, 0.1) is 6.92 Å². The fourth-order valence-electron chi connectivity index (χ4n) is 4.38.